The van der Waals surface area contributed by atoms with Gasteiger partial charge in [0.15, 0.2) is 0 Å². The number of hydrogen-bond acceptors (Lipinski definition) is 5. The number of nitrogens with zero attached hydrogens (tertiary/aromatic N) is 1. The zero-order valence-electron chi connectivity index (χ0n) is 12.7. The zero-order valence-corrected chi connectivity index (χ0v) is 12.7. The van der Waals surface area contributed by atoms with E-state index in [1.807, 2.05) is 6.92 Å². The number of methoxy groups -OCH3 is 2. The Hall–Kier alpha value is -0.650. The molecule has 0 bridgehead atoms. The molecule has 0 aromatic rings. The highest BCUT2D eigenvalue weighted by atomic mass is 16.5. The molecule has 1 atom stereocenters. The van der Waals surface area contributed by atoms with Crippen molar-refractivity contribution >= 4 is 5.97 Å². The van der Waals surface area contributed by atoms with E-state index in [1.165, 1.54) is 20.0 Å². The molecular weight excluding hydrogens is 244 g/mol. The third-order valence-electron chi connectivity index (χ3n) is 3.63. The van der Waals surface area contributed by atoms with Crippen LogP contribution in [0, 0.1) is 0 Å². The molecule has 0 saturated heterocycles. The molecule has 1 fully saturated rings. The number of hydrogen-bond donors (Lipinski definition) is 1. The zero-order chi connectivity index (χ0) is 14.3. The quantitative estimate of drug-likeness (QED) is 0.602. The number of esters is 1. The average molecular weight is 272 g/mol. The molecule has 1 aliphatic rings. The van der Waals surface area contributed by atoms with Crippen LogP contribution in [0.15, 0.2) is 0 Å². The molecule has 1 rings (SSSR count). The maximum atomic E-state index is 11.9. The molecular formula is C14H28N2O3. The van der Waals surface area contributed by atoms with Crippen molar-refractivity contribution in [2.75, 3.05) is 41.0 Å². The van der Waals surface area contributed by atoms with E-state index in [0.29, 0.717) is 6.04 Å². The van der Waals surface area contributed by atoms with Gasteiger partial charge in [-0.05, 0) is 46.2 Å². The minimum atomic E-state index is -0.544. The van der Waals surface area contributed by atoms with E-state index < -0.39 is 5.54 Å². The first kappa shape index (κ1) is 16.4. The summed E-state index contributed by atoms with van der Waals surface area (Å²) in [5.74, 6) is -0.154. The molecule has 0 aromatic heterocycles. The van der Waals surface area contributed by atoms with Crippen molar-refractivity contribution in [1.82, 2.24) is 10.2 Å². The number of carbonyl (C=O) groups excluding carboxylic acids is 1. The van der Waals surface area contributed by atoms with Crippen molar-refractivity contribution in [3.05, 3.63) is 0 Å². The lowest BCUT2D eigenvalue weighted by Gasteiger charge is -2.29. The summed E-state index contributed by atoms with van der Waals surface area (Å²) < 4.78 is 9.98. The Morgan fingerprint density at radius 3 is 2.58 bits per heavy atom. The Labute approximate surface area is 116 Å². The van der Waals surface area contributed by atoms with Gasteiger partial charge in [-0.25, -0.2) is 0 Å². The van der Waals surface area contributed by atoms with Crippen molar-refractivity contribution in [2.24, 2.45) is 0 Å². The second-order valence-electron chi connectivity index (χ2n) is 5.64. The molecule has 1 saturated carbocycles. The summed E-state index contributed by atoms with van der Waals surface area (Å²) in [6.45, 7) is 4.57. The Bertz CT molecular complexity index is 282. The van der Waals surface area contributed by atoms with Gasteiger partial charge in [0.05, 0.1) is 13.7 Å². The van der Waals surface area contributed by atoms with Crippen LogP contribution in [0.4, 0.5) is 0 Å². The first-order chi connectivity index (χ1) is 9.01. The monoisotopic (exact) mass is 272 g/mol. The highest BCUT2D eigenvalue weighted by Crippen LogP contribution is 2.25. The predicted molar refractivity (Wildman–Crippen MR) is 75.2 cm³/mol. The van der Waals surface area contributed by atoms with Gasteiger partial charge in [-0.2, -0.15) is 0 Å². The van der Waals surface area contributed by atoms with Crippen molar-refractivity contribution < 1.29 is 14.3 Å². The predicted octanol–water partition coefficient (Wildman–Crippen LogP) is 1.03. The third-order valence-corrected chi connectivity index (χ3v) is 3.63. The molecule has 5 heteroatoms. The molecule has 1 aliphatic carbocycles. The maximum absolute atomic E-state index is 11.9. The normalized spacial score (nSPS) is 18.4. The van der Waals surface area contributed by atoms with E-state index in [4.69, 9.17) is 9.47 Å². The molecule has 0 spiro atoms. The molecule has 0 aliphatic heterocycles. The molecule has 0 heterocycles. The van der Waals surface area contributed by atoms with Gasteiger partial charge < -0.3 is 14.4 Å². The number of likely N-dealkylation sites (N-methyl/N-ethyl adjacent to an activating group) is 1. The van der Waals surface area contributed by atoms with E-state index in [2.05, 4.69) is 17.3 Å². The lowest BCUT2D eigenvalue weighted by atomic mass is 9.95. The topological polar surface area (TPSA) is 50.8 Å². The summed E-state index contributed by atoms with van der Waals surface area (Å²) >= 11 is 0. The van der Waals surface area contributed by atoms with Crippen LogP contribution in [0.5, 0.6) is 0 Å². The lowest BCUT2D eigenvalue weighted by molar-refractivity contribution is -0.148. The maximum Gasteiger partial charge on any atom is 0.325 e. The largest absolute Gasteiger partial charge is 0.468 e. The third kappa shape index (κ3) is 5.89. The van der Waals surface area contributed by atoms with Gasteiger partial charge in [-0.1, -0.05) is 0 Å². The molecule has 0 radical (unpaired) electrons. The lowest BCUT2D eigenvalue weighted by Crippen LogP contribution is -2.51. The van der Waals surface area contributed by atoms with E-state index in [-0.39, 0.29) is 5.97 Å². The Morgan fingerprint density at radius 1 is 1.37 bits per heavy atom. The minimum absolute atomic E-state index is 0.154. The highest BCUT2D eigenvalue weighted by molar-refractivity contribution is 5.80. The Morgan fingerprint density at radius 2 is 2.05 bits per heavy atom. The Kier molecular flexibility index (Phi) is 6.75. The molecule has 1 unspecified atom stereocenters. The standard InChI is InChI=1S/C14H28N2O3/c1-14(13(17)19-4,15-12-6-7-12)8-5-9-16(2)10-11-18-3/h12,15H,5-11H2,1-4H3. The molecule has 1 N–H and O–H groups in total. The van der Waals surface area contributed by atoms with Crippen molar-refractivity contribution in [3.63, 3.8) is 0 Å². The summed E-state index contributed by atoms with van der Waals surface area (Å²) in [4.78, 5) is 14.1. The van der Waals surface area contributed by atoms with Crippen LogP contribution < -0.4 is 5.32 Å². The van der Waals surface area contributed by atoms with Crippen LogP contribution in [-0.4, -0.2) is 63.4 Å². The van der Waals surface area contributed by atoms with Crippen LogP contribution in [0.25, 0.3) is 0 Å². The first-order valence-electron chi connectivity index (χ1n) is 7.05. The SMILES string of the molecule is COCCN(C)CCCC(C)(NC1CC1)C(=O)OC. The average Bonchev–Trinajstić information content (AvgIpc) is 3.18. The van der Waals surface area contributed by atoms with Crippen LogP contribution >= 0.6 is 0 Å². The molecule has 19 heavy (non-hydrogen) atoms. The molecule has 5 nitrogen and oxygen atoms in total. The second kappa shape index (κ2) is 7.82. The van der Waals surface area contributed by atoms with E-state index in [0.717, 1.165) is 32.5 Å². The highest BCUT2D eigenvalue weighted by Gasteiger charge is 2.38. The van der Waals surface area contributed by atoms with Crippen LogP contribution in [0.2, 0.25) is 0 Å². The van der Waals surface area contributed by atoms with Gasteiger partial charge in [0.25, 0.3) is 0 Å². The summed E-state index contributed by atoms with van der Waals surface area (Å²) in [6.07, 6.45) is 4.10. The summed E-state index contributed by atoms with van der Waals surface area (Å²) in [7, 11) is 5.24. The van der Waals surface area contributed by atoms with Gasteiger partial charge in [-0.3, -0.25) is 10.1 Å². The number of carbonyl (C=O) groups is 1. The van der Waals surface area contributed by atoms with Gasteiger partial charge in [0.1, 0.15) is 5.54 Å². The Balaban J connectivity index is 2.33. The van der Waals surface area contributed by atoms with E-state index in [1.54, 1.807) is 7.11 Å². The van der Waals surface area contributed by atoms with Crippen LogP contribution in [-0.2, 0) is 14.3 Å². The van der Waals surface area contributed by atoms with Crippen LogP contribution in [0.3, 0.4) is 0 Å². The van der Waals surface area contributed by atoms with Gasteiger partial charge in [-0.15, -0.1) is 0 Å². The number of rotatable bonds is 10. The van der Waals surface area contributed by atoms with Gasteiger partial charge in [0.2, 0.25) is 0 Å². The fourth-order valence-electron chi connectivity index (χ4n) is 2.20. The summed E-state index contributed by atoms with van der Waals surface area (Å²) in [6, 6.07) is 0.496. The molecule has 0 aromatic carbocycles. The first-order valence-corrected chi connectivity index (χ1v) is 7.05. The van der Waals surface area contributed by atoms with E-state index in [9.17, 15) is 4.79 Å². The summed E-state index contributed by atoms with van der Waals surface area (Å²) in [5.41, 5.74) is -0.544. The smallest absolute Gasteiger partial charge is 0.325 e. The fraction of sp³-hybridized carbons (Fsp3) is 0.929. The minimum Gasteiger partial charge on any atom is -0.468 e. The van der Waals surface area contributed by atoms with E-state index >= 15 is 0 Å². The molecule has 0 amide bonds. The fourth-order valence-corrected chi connectivity index (χ4v) is 2.20. The van der Waals surface area contributed by atoms with Crippen LogP contribution in [0.1, 0.15) is 32.6 Å². The second-order valence-corrected chi connectivity index (χ2v) is 5.64. The van der Waals surface area contributed by atoms with Gasteiger partial charge >= 0.3 is 5.97 Å². The summed E-state index contributed by atoms with van der Waals surface area (Å²) in [5, 5.41) is 3.42. The number of ether oxygens (including phenoxy) is 2. The molecule has 112 valence electrons. The van der Waals surface area contributed by atoms with Crippen molar-refractivity contribution in [3.8, 4) is 0 Å². The number of nitrogens with one attached hydrogen (secondary N) is 1. The van der Waals surface area contributed by atoms with Gasteiger partial charge in [0, 0.05) is 19.7 Å². The van der Waals surface area contributed by atoms with Crippen molar-refractivity contribution in [1.29, 1.82) is 0 Å². The van der Waals surface area contributed by atoms with Crippen molar-refractivity contribution in [2.45, 2.75) is 44.2 Å².